The molecule has 6 heteroatoms. The van der Waals surface area contributed by atoms with E-state index >= 15 is 0 Å². The van der Waals surface area contributed by atoms with Crippen LogP contribution in [0.15, 0.2) is 24.3 Å². The number of likely N-dealkylation sites (N-methyl/N-ethyl adjacent to an activating group) is 1. The van der Waals surface area contributed by atoms with E-state index in [1.54, 1.807) is 25.2 Å². The zero-order valence-electron chi connectivity index (χ0n) is 14.1. The number of halogens is 1. The van der Waals surface area contributed by atoms with Gasteiger partial charge in [0.15, 0.2) is 0 Å². The van der Waals surface area contributed by atoms with Gasteiger partial charge in [-0.05, 0) is 30.9 Å². The van der Waals surface area contributed by atoms with Gasteiger partial charge in [0.2, 0.25) is 11.8 Å². The molecular formula is C18H26FN3O2. The smallest absolute Gasteiger partial charge is 0.245 e. The number of rotatable bonds is 6. The Morgan fingerprint density at radius 3 is 2.54 bits per heavy atom. The monoisotopic (exact) mass is 335 g/mol. The summed E-state index contributed by atoms with van der Waals surface area (Å²) >= 11 is 0. The van der Waals surface area contributed by atoms with Crippen molar-refractivity contribution in [2.75, 3.05) is 7.05 Å². The van der Waals surface area contributed by atoms with E-state index in [9.17, 15) is 14.0 Å². The third kappa shape index (κ3) is 4.54. The van der Waals surface area contributed by atoms with E-state index < -0.39 is 11.6 Å². The van der Waals surface area contributed by atoms with E-state index in [1.807, 2.05) is 0 Å². The highest BCUT2D eigenvalue weighted by Gasteiger charge is 2.40. The molecule has 132 valence electrons. The molecule has 1 fully saturated rings. The van der Waals surface area contributed by atoms with Crippen LogP contribution in [0.5, 0.6) is 0 Å². The molecule has 1 aliphatic rings. The molecule has 0 spiro atoms. The molecule has 1 saturated carbocycles. The lowest BCUT2D eigenvalue weighted by molar-refractivity contribution is -0.134. The molecule has 0 bridgehead atoms. The van der Waals surface area contributed by atoms with Crippen LogP contribution in [0.25, 0.3) is 0 Å². The van der Waals surface area contributed by atoms with Gasteiger partial charge >= 0.3 is 0 Å². The molecule has 0 aromatic heterocycles. The third-order valence-corrected chi connectivity index (χ3v) is 4.64. The van der Waals surface area contributed by atoms with E-state index in [1.165, 1.54) is 6.07 Å². The SMILES string of the molecule is CNC(=O)C1(NC(=O)C[C@H](N)Cc2ccccc2F)CCCCC1. The summed E-state index contributed by atoms with van der Waals surface area (Å²) in [5, 5.41) is 5.54. The summed E-state index contributed by atoms with van der Waals surface area (Å²) in [5.74, 6) is -0.731. The first-order valence-corrected chi connectivity index (χ1v) is 8.49. The molecule has 0 radical (unpaired) electrons. The van der Waals surface area contributed by atoms with Crippen LogP contribution in [-0.2, 0) is 16.0 Å². The Bertz CT molecular complexity index is 585. The molecule has 1 aromatic carbocycles. The van der Waals surface area contributed by atoms with Crippen molar-refractivity contribution in [1.82, 2.24) is 10.6 Å². The predicted molar refractivity (Wildman–Crippen MR) is 90.7 cm³/mol. The Labute approximate surface area is 142 Å². The van der Waals surface area contributed by atoms with Gasteiger partial charge in [-0.3, -0.25) is 9.59 Å². The minimum absolute atomic E-state index is 0.0626. The lowest BCUT2D eigenvalue weighted by atomic mass is 9.80. The topological polar surface area (TPSA) is 84.2 Å². The molecule has 2 amide bonds. The van der Waals surface area contributed by atoms with Gasteiger partial charge in [0.25, 0.3) is 0 Å². The highest BCUT2D eigenvalue weighted by Crippen LogP contribution is 2.28. The highest BCUT2D eigenvalue weighted by molar-refractivity contribution is 5.91. The maximum atomic E-state index is 13.7. The highest BCUT2D eigenvalue weighted by atomic mass is 19.1. The summed E-state index contributed by atoms with van der Waals surface area (Å²) in [6.07, 6.45) is 4.52. The first kappa shape index (κ1) is 18.4. The molecule has 2 rings (SSSR count). The van der Waals surface area contributed by atoms with Crippen molar-refractivity contribution in [3.8, 4) is 0 Å². The molecular weight excluding hydrogens is 309 g/mol. The van der Waals surface area contributed by atoms with E-state index in [-0.39, 0.29) is 30.5 Å². The average molecular weight is 335 g/mol. The Hall–Kier alpha value is -1.95. The van der Waals surface area contributed by atoms with Crippen LogP contribution < -0.4 is 16.4 Å². The quantitative estimate of drug-likeness (QED) is 0.739. The van der Waals surface area contributed by atoms with Crippen molar-refractivity contribution >= 4 is 11.8 Å². The van der Waals surface area contributed by atoms with Crippen LogP contribution in [0.1, 0.15) is 44.1 Å². The summed E-state index contributed by atoms with van der Waals surface area (Å²) in [5.41, 5.74) is 5.67. The first-order valence-electron chi connectivity index (χ1n) is 8.49. The summed E-state index contributed by atoms with van der Waals surface area (Å²) in [4.78, 5) is 24.6. The van der Waals surface area contributed by atoms with Gasteiger partial charge < -0.3 is 16.4 Å². The third-order valence-electron chi connectivity index (χ3n) is 4.64. The summed E-state index contributed by atoms with van der Waals surface area (Å²) in [6, 6.07) is 5.92. The Morgan fingerprint density at radius 2 is 1.92 bits per heavy atom. The van der Waals surface area contributed by atoms with Gasteiger partial charge in [-0.1, -0.05) is 37.5 Å². The Kier molecular flexibility index (Phi) is 6.31. The van der Waals surface area contributed by atoms with Crippen LogP contribution in [0, 0.1) is 5.82 Å². The summed E-state index contributed by atoms with van der Waals surface area (Å²) in [6.45, 7) is 0. The zero-order chi connectivity index (χ0) is 17.6. The lowest BCUT2D eigenvalue weighted by Crippen LogP contribution is -2.59. The number of carbonyl (C=O) groups is 2. The Balaban J connectivity index is 1.95. The first-order chi connectivity index (χ1) is 11.5. The van der Waals surface area contributed by atoms with Gasteiger partial charge in [0.05, 0.1) is 0 Å². The molecule has 4 N–H and O–H groups in total. The molecule has 24 heavy (non-hydrogen) atoms. The number of hydrogen-bond donors (Lipinski definition) is 3. The second-order valence-electron chi connectivity index (χ2n) is 6.53. The van der Waals surface area contributed by atoms with Crippen molar-refractivity contribution in [2.45, 2.75) is 56.5 Å². The second kappa shape index (κ2) is 8.24. The number of hydrogen-bond acceptors (Lipinski definition) is 3. The number of nitrogens with one attached hydrogen (secondary N) is 2. The van der Waals surface area contributed by atoms with Gasteiger partial charge in [-0.2, -0.15) is 0 Å². The van der Waals surface area contributed by atoms with Gasteiger partial charge in [0, 0.05) is 19.5 Å². The number of benzene rings is 1. The fourth-order valence-electron chi connectivity index (χ4n) is 3.38. The molecule has 0 heterocycles. The molecule has 1 atom stereocenters. The molecule has 0 unspecified atom stereocenters. The molecule has 1 aromatic rings. The van der Waals surface area contributed by atoms with E-state index in [4.69, 9.17) is 5.73 Å². The lowest BCUT2D eigenvalue weighted by Gasteiger charge is -2.36. The van der Waals surface area contributed by atoms with E-state index in [0.717, 1.165) is 19.3 Å². The number of carbonyl (C=O) groups excluding carboxylic acids is 2. The minimum atomic E-state index is -0.832. The average Bonchev–Trinajstić information content (AvgIpc) is 2.56. The predicted octanol–water partition coefficient (Wildman–Crippen LogP) is 1.65. The van der Waals surface area contributed by atoms with Crippen molar-refractivity contribution in [3.05, 3.63) is 35.6 Å². The maximum absolute atomic E-state index is 13.7. The number of nitrogens with two attached hydrogens (primary N) is 1. The van der Waals surface area contributed by atoms with Crippen LogP contribution in [0.4, 0.5) is 4.39 Å². The normalized spacial score (nSPS) is 17.8. The summed E-state index contributed by atoms with van der Waals surface area (Å²) < 4.78 is 13.7. The zero-order valence-corrected chi connectivity index (χ0v) is 14.1. The van der Waals surface area contributed by atoms with E-state index in [0.29, 0.717) is 18.4 Å². The largest absolute Gasteiger partial charge is 0.357 e. The number of amides is 2. The molecule has 0 saturated heterocycles. The van der Waals surface area contributed by atoms with Gasteiger partial charge in [-0.25, -0.2) is 4.39 Å². The van der Waals surface area contributed by atoms with Crippen LogP contribution in [-0.4, -0.2) is 30.4 Å². The van der Waals surface area contributed by atoms with Crippen LogP contribution >= 0.6 is 0 Å². The van der Waals surface area contributed by atoms with Crippen molar-refractivity contribution in [2.24, 2.45) is 5.73 Å². The van der Waals surface area contributed by atoms with Crippen molar-refractivity contribution in [1.29, 1.82) is 0 Å². The van der Waals surface area contributed by atoms with Crippen LogP contribution in [0.3, 0.4) is 0 Å². The van der Waals surface area contributed by atoms with Gasteiger partial charge in [-0.15, -0.1) is 0 Å². The maximum Gasteiger partial charge on any atom is 0.245 e. The molecule has 1 aliphatic carbocycles. The van der Waals surface area contributed by atoms with Crippen molar-refractivity contribution < 1.29 is 14.0 Å². The standard InChI is InChI=1S/C18H26FN3O2/c1-21-17(24)18(9-5-2-6-10-18)22-16(23)12-14(20)11-13-7-3-4-8-15(13)19/h3-4,7-8,14H,2,5-6,9-12,20H2,1H3,(H,21,24)(H,22,23)/t14-/m1/s1. The van der Waals surface area contributed by atoms with E-state index in [2.05, 4.69) is 10.6 Å². The van der Waals surface area contributed by atoms with Crippen molar-refractivity contribution in [3.63, 3.8) is 0 Å². The Morgan fingerprint density at radius 1 is 1.25 bits per heavy atom. The minimum Gasteiger partial charge on any atom is -0.357 e. The second-order valence-corrected chi connectivity index (χ2v) is 6.53. The summed E-state index contributed by atoms with van der Waals surface area (Å²) in [7, 11) is 1.58. The van der Waals surface area contributed by atoms with Gasteiger partial charge in [0.1, 0.15) is 11.4 Å². The van der Waals surface area contributed by atoms with Crippen LogP contribution in [0.2, 0.25) is 0 Å². The fourth-order valence-corrected chi connectivity index (χ4v) is 3.38. The fraction of sp³-hybridized carbons (Fsp3) is 0.556. The molecule has 5 nitrogen and oxygen atoms in total. The molecule has 0 aliphatic heterocycles.